The molecule has 0 spiro atoms. The maximum absolute atomic E-state index is 6.35. The van der Waals surface area contributed by atoms with E-state index in [2.05, 4.69) is 97.1 Å². The molecule has 5 nitrogen and oxygen atoms in total. The molecule has 0 bridgehead atoms. The maximum atomic E-state index is 6.35. The average molecular weight is 578 g/mol. The number of fused-ring (bicyclic) bond motifs is 5. The number of benzene rings is 6. The van der Waals surface area contributed by atoms with Gasteiger partial charge in [-0.05, 0) is 45.7 Å². The van der Waals surface area contributed by atoms with Crippen molar-refractivity contribution in [2.75, 3.05) is 6.54 Å². The Hall–Kier alpha value is -6.07. The van der Waals surface area contributed by atoms with E-state index in [1.54, 1.807) is 0 Å². The molecule has 1 aliphatic heterocycles. The monoisotopic (exact) mass is 577 g/mol. The van der Waals surface area contributed by atoms with Crippen molar-refractivity contribution in [2.45, 2.75) is 0 Å². The molecule has 45 heavy (non-hydrogen) atoms. The van der Waals surface area contributed by atoms with Crippen LogP contribution >= 0.6 is 0 Å². The second-order valence-electron chi connectivity index (χ2n) is 11.2. The zero-order valence-electron chi connectivity index (χ0n) is 24.2. The van der Waals surface area contributed by atoms with Gasteiger partial charge in [0.15, 0.2) is 17.5 Å². The van der Waals surface area contributed by atoms with Gasteiger partial charge in [0.05, 0.1) is 0 Å². The van der Waals surface area contributed by atoms with E-state index >= 15 is 0 Å². The Kier molecular flexibility index (Phi) is 5.81. The molecule has 212 valence electrons. The molecule has 3 heterocycles. The number of aromatic nitrogens is 3. The average Bonchev–Trinajstić information content (AvgIpc) is 3.48. The van der Waals surface area contributed by atoms with Crippen molar-refractivity contribution < 1.29 is 4.42 Å². The highest BCUT2D eigenvalue weighted by Crippen LogP contribution is 2.41. The fourth-order valence-electron chi connectivity index (χ4n) is 6.19. The van der Waals surface area contributed by atoms with E-state index < -0.39 is 0 Å². The Balaban J connectivity index is 1.20. The first-order valence-corrected chi connectivity index (χ1v) is 15.0. The summed E-state index contributed by atoms with van der Waals surface area (Å²) in [7, 11) is 0. The van der Waals surface area contributed by atoms with Crippen LogP contribution in [0.25, 0.3) is 89.4 Å². The Labute approximate surface area is 259 Å². The van der Waals surface area contributed by atoms with Crippen molar-refractivity contribution in [3.8, 4) is 45.3 Å². The zero-order chi connectivity index (χ0) is 29.7. The van der Waals surface area contributed by atoms with E-state index in [-0.39, 0.29) is 0 Å². The second-order valence-corrected chi connectivity index (χ2v) is 11.2. The molecule has 0 unspecified atom stereocenters. The summed E-state index contributed by atoms with van der Waals surface area (Å²) in [6.45, 7) is 0.679. The van der Waals surface area contributed by atoms with Gasteiger partial charge in [-0.25, -0.2) is 15.0 Å². The minimum absolute atomic E-state index is 0.598. The molecule has 5 heteroatoms. The van der Waals surface area contributed by atoms with E-state index in [9.17, 15) is 0 Å². The van der Waals surface area contributed by atoms with Crippen LogP contribution in [-0.2, 0) is 0 Å². The van der Waals surface area contributed by atoms with Gasteiger partial charge in [-0.1, -0.05) is 115 Å². The fraction of sp³-hybridized carbons (Fsp3) is 0.0250. The Morgan fingerprint density at radius 2 is 1.24 bits per heavy atom. The molecule has 6 aromatic carbocycles. The highest BCUT2D eigenvalue weighted by molar-refractivity contribution is 6.13. The molecule has 0 atom stereocenters. The Morgan fingerprint density at radius 1 is 0.533 bits per heavy atom. The van der Waals surface area contributed by atoms with Crippen LogP contribution in [-0.4, -0.2) is 21.5 Å². The predicted molar refractivity (Wildman–Crippen MR) is 183 cm³/mol. The zero-order valence-corrected chi connectivity index (χ0v) is 24.2. The third kappa shape index (κ3) is 4.45. The minimum atomic E-state index is 0.598. The molecule has 0 amide bonds. The Bertz CT molecular complexity index is 2420. The van der Waals surface area contributed by atoms with Crippen LogP contribution in [0.4, 0.5) is 5.69 Å². The lowest BCUT2D eigenvalue weighted by Gasteiger charge is -2.25. The largest absolute Gasteiger partial charge is 0.681 e. The van der Waals surface area contributed by atoms with Gasteiger partial charge < -0.3 is 9.73 Å². The topological polar surface area (TPSA) is 65.9 Å². The first-order valence-electron chi connectivity index (χ1n) is 15.0. The molecule has 0 N–H and O–H groups in total. The van der Waals surface area contributed by atoms with Gasteiger partial charge in [0.1, 0.15) is 11.2 Å². The highest BCUT2D eigenvalue weighted by atomic mass is 16.3. The van der Waals surface area contributed by atoms with Gasteiger partial charge in [0, 0.05) is 27.5 Å². The van der Waals surface area contributed by atoms with E-state index in [4.69, 9.17) is 24.7 Å². The summed E-state index contributed by atoms with van der Waals surface area (Å²) in [5.74, 6) is 1.84. The van der Waals surface area contributed by atoms with Crippen molar-refractivity contribution in [3.05, 3.63) is 144 Å². The molecule has 0 radical (unpaired) electrons. The van der Waals surface area contributed by atoms with E-state index in [0.29, 0.717) is 24.0 Å². The summed E-state index contributed by atoms with van der Waals surface area (Å²) in [5.41, 5.74) is 8.70. The first-order chi connectivity index (χ1) is 22.3. The lowest BCUT2D eigenvalue weighted by molar-refractivity contribution is 0.669. The lowest BCUT2D eigenvalue weighted by atomic mass is 10.00. The van der Waals surface area contributed by atoms with E-state index in [1.165, 1.54) is 16.3 Å². The van der Waals surface area contributed by atoms with Crippen LogP contribution in [0.5, 0.6) is 0 Å². The van der Waals surface area contributed by atoms with E-state index in [1.807, 2.05) is 42.5 Å². The smallest absolute Gasteiger partial charge is 0.164 e. The molecule has 0 fully saturated rings. The molecule has 2 aromatic heterocycles. The summed E-state index contributed by atoms with van der Waals surface area (Å²) in [5, 5.41) is 9.14. The van der Waals surface area contributed by atoms with Crippen molar-refractivity contribution in [2.24, 2.45) is 0 Å². The Morgan fingerprint density at radius 3 is 2.09 bits per heavy atom. The van der Waals surface area contributed by atoms with E-state index in [0.717, 1.165) is 55.4 Å². The lowest BCUT2D eigenvalue weighted by Crippen LogP contribution is -2.00. The normalized spacial score (nSPS) is 12.4. The third-order valence-corrected chi connectivity index (χ3v) is 8.44. The van der Waals surface area contributed by atoms with Crippen LogP contribution in [0.2, 0.25) is 0 Å². The molecular formula is C40H25N4O-. The molecular weight excluding hydrogens is 552 g/mol. The van der Waals surface area contributed by atoms with Crippen molar-refractivity contribution in [1.29, 1.82) is 0 Å². The SMILES string of the molecule is C1=Cc2cc3oc4cccc(-c5nc(-c6ccccc6)nc(-c6ccc(-c7ccc8ccccc8c7)cc6)n5)c4c3cc2[N-]C1. The van der Waals surface area contributed by atoms with Crippen LogP contribution < -0.4 is 0 Å². The van der Waals surface area contributed by atoms with Crippen molar-refractivity contribution in [3.63, 3.8) is 0 Å². The quantitative estimate of drug-likeness (QED) is 0.209. The number of hydrogen-bond donors (Lipinski definition) is 0. The van der Waals surface area contributed by atoms with Gasteiger partial charge in [0.25, 0.3) is 0 Å². The number of rotatable bonds is 4. The summed E-state index contributed by atoms with van der Waals surface area (Å²) in [6, 6.07) is 43.8. The van der Waals surface area contributed by atoms with Gasteiger partial charge in [-0.3, -0.25) is 0 Å². The predicted octanol–water partition coefficient (Wildman–Crippen LogP) is 10.6. The van der Waals surface area contributed by atoms with Crippen LogP contribution in [0.3, 0.4) is 0 Å². The van der Waals surface area contributed by atoms with Crippen LogP contribution in [0.15, 0.2) is 138 Å². The molecule has 0 aliphatic carbocycles. The van der Waals surface area contributed by atoms with Gasteiger partial charge in [-0.2, -0.15) is 0 Å². The number of nitrogens with zero attached hydrogens (tertiary/aromatic N) is 4. The maximum Gasteiger partial charge on any atom is 0.164 e. The molecule has 0 saturated carbocycles. The standard InChI is InChI=1S/C40H25N4O/c1-2-9-27(10-3-1)38-42-39(28-18-15-26(16-19-28)30-20-17-25-8-4-5-11-29(25)22-30)44-40(43-38)32-13-6-14-35-37(32)33-24-34-31(12-7-21-41-34)23-36(33)45-35/h1-20,22-24H,21H2/q-1. The summed E-state index contributed by atoms with van der Waals surface area (Å²) in [4.78, 5) is 15.0. The minimum Gasteiger partial charge on any atom is -0.681 e. The van der Waals surface area contributed by atoms with Gasteiger partial charge in [0.2, 0.25) is 0 Å². The fourth-order valence-corrected chi connectivity index (χ4v) is 6.19. The number of furan rings is 1. The second kappa shape index (κ2) is 10.3. The number of hydrogen-bond acceptors (Lipinski definition) is 4. The molecule has 9 rings (SSSR count). The summed E-state index contributed by atoms with van der Waals surface area (Å²) in [6.07, 6.45) is 4.17. The van der Waals surface area contributed by atoms with Gasteiger partial charge in [-0.15, -0.1) is 18.3 Å². The molecule has 8 aromatic rings. The summed E-state index contributed by atoms with van der Waals surface area (Å²) < 4.78 is 6.35. The first kappa shape index (κ1) is 25.4. The van der Waals surface area contributed by atoms with Crippen LogP contribution in [0, 0.1) is 0 Å². The molecule has 1 aliphatic rings. The summed E-state index contributed by atoms with van der Waals surface area (Å²) >= 11 is 0. The van der Waals surface area contributed by atoms with Crippen LogP contribution in [0.1, 0.15) is 5.56 Å². The third-order valence-electron chi connectivity index (χ3n) is 8.44. The molecule has 0 saturated heterocycles. The van der Waals surface area contributed by atoms with Gasteiger partial charge >= 0.3 is 0 Å². The van der Waals surface area contributed by atoms with Crippen molar-refractivity contribution in [1.82, 2.24) is 15.0 Å². The highest BCUT2D eigenvalue weighted by Gasteiger charge is 2.18. The van der Waals surface area contributed by atoms with Crippen molar-refractivity contribution >= 4 is 44.5 Å².